The number of aryl methyl sites for hydroxylation is 1. The van der Waals surface area contributed by atoms with E-state index in [1.54, 1.807) is 0 Å². The number of benzene rings is 2. The van der Waals surface area contributed by atoms with E-state index in [1.165, 1.54) is 31.2 Å². The summed E-state index contributed by atoms with van der Waals surface area (Å²) in [7, 11) is -3.78. The lowest BCUT2D eigenvalue weighted by Crippen LogP contribution is -2.33. The van der Waals surface area contributed by atoms with Gasteiger partial charge in [0.25, 0.3) is 5.91 Å². The number of anilines is 1. The van der Waals surface area contributed by atoms with Crippen LogP contribution in [0.5, 0.6) is 0 Å². The first-order valence-electron chi connectivity index (χ1n) is 10.5. The summed E-state index contributed by atoms with van der Waals surface area (Å²) in [5, 5.41) is 12.5. The molecular formula is C23H24ClF2NO4S. The summed E-state index contributed by atoms with van der Waals surface area (Å²) in [4.78, 5) is 12.5. The SMILES string of the molecule is Cc1cc(NC(=O)c2ccc(Cl)c(S(=O)(=O)CC3C4CC[C@H]3CC(O)C4)c2)cc(F)c1F. The highest BCUT2D eigenvalue weighted by atomic mass is 35.5. The number of halogens is 3. The van der Waals surface area contributed by atoms with Crippen molar-refractivity contribution in [3.05, 3.63) is 58.1 Å². The predicted octanol–water partition coefficient (Wildman–Crippen LogP) is 4.75. The minimum Gasteiger partial charge on any atom is -0.393 e. The quantitative estimate of drug-likeness (QED) is 0.643. The Labute approximate surface area is 190 Å². The average molecular weight is 484 g/mol. The van der Waals surface area contributed by atoms with Crippen molar-refractivity contribution >= 4 is 33.0 Å². The van der Waals surface area contributed by atoms with Crippen molar-refractivity contribution < 1.29 is 27.1 Å². The standard InChI is InChI=1S/C23H24ClF2NO4S/c1-12-6-16(10-20(25)22(12)26)27-23(29)15-4-5-19(24)21(9-15)32(30,31)11-18-13-2-3-14(18)8-17(28)7-13/h4-6,9-10,13-14,17-18,28H,2-3,7-8,11H2,1H3,(H,27,29)/t13-,14?,17?,18?/m0/s1. The molecule has 0 radical (unpaired) electrons. The summed E-state index contributed by atoms with van der Waals surface area (Å²) < 4.78 is 53.6. The van der Waals surface area contributed by atoms with Crippen molar-refractivity contribution in [3.8, 4) is 0 Å². The Balaban J connectivity index is 1.56. The van der Waals surface area contributed by atoms with Gasteiger partial charge in [-0.25, -0.2) is 17.2 Å². The molecule has 2 aliphatic carbocycles. The Hall–Kier alpha value is -2.03. The number of rotatable bonds is 5. The zero-order valence-corrected chi connectivity index (χ0v) is 19.0. The van der Waals surface area contributed by atoms with Crippen LogP contribution in [0.25, 0.3) is 0 Å². The molecule has 0 aromatic heterocycles. The van der Waals surface area contributed by atoms with Gasteiger partial charge in [-0.2, -0.15) is 0 Å². The van der Waals surface area contributed by atoms with E-state index >= 15 is 0 Å². The number of carbonyl (C=O) groups is 1. The lowest BCUT2D eigenvalue weighted by atomic mass is 9.78. The number of amides is 1. The lowest BCUT2D eigenvalue weighted by Gasteiger charge is -2.32. The van der Waals surface area contributed by atoms with Crippen molar-refractivity contribution in [1.82, 2.24) is 0 Å². The van der Waals surface area contributed by atoms with Gasteiger partial charge in [0.2, 0.25) is 0 Å². The summed E-state index contributed by atoms with van der Waals surface area (Å²) >= 11 is 6.19. The highest BCUT2D eigenvalue weighted by Gasteiger charge is 2.44. The van der Waals surface area contributed by atoms with Crippen LogP contribution in [-0.2, 0) is 9.84 Å². The fourth-order valence-corrected chi connectivity index (χ4v) is 7.49. The molecule has 2 N–H and O–H groups in total. The zero-order valence-electron chi connectivity index (χ0n) is 17.4. The molecule has 172 valence electrons. The molecule has 2 bridgehead atoms. The Kier molecular flexibility index (Phi) is 6.31. The van der Waals surface area contributed by atoms with Crippen LogP contribution in [0, 0.1) is 36.3 Å². The fraction of sp³-hybridized carbons (Fsp3) is 0.435. The Bertz CT molecular complexity index is 1130. The third-order valence-electron chi connectivity index (χ3n) is 6.68. The molecule has 1 amide bonds. The zero-order chi connectivity index (χ0) is 23.2. The van der Waals surface area contributed by atoms with Crippen molar-refractivity contribution in [2.75, 3.05) is 11.1 Å². The Morgan fingerprint density at radius 2 is 1.81 bits per heavy atom. The largest absolute Gasteiger partial charge is 0.393 e. The smallest absolute Gasteiger partial charge is 0.255 e. The number of fused-ring (bicyclic) bond motifs is 2. The molecule has 2 saturated carbocycles. The van der Waals surface area contributed by atoms with Crippen molar-refractivity contribution in [2.45, 2.75) is 43.6 Å². The number of nitrogens with one attached hydrogen (secondary N) is 1. The van der Waals surface area contributed by atoms with Gasteiger partial charge in [-0.05, 0) is 80.2 Å². The van der Waals surface area contributed by atoms with Gasteiger partial charge in [-0.15, -0.1) is 0 Å². The van der Waals surface area contributed by atoms with Gasteiger partial charge in [-0.3, -0.25) is 4.79 Å². The molecule has 0 heterocycles. The van der Waals surface area contributed by atoms with Gasteiger partial charge in [0.15, 0.2) is 21.5 Å². The van der Waals surface area contributed by atoms with Gasteiger partial charge in [0, 0.05) is 17.3 Å². The second-order valence-electron chi connectivity index (χ2n) is 8.86. The van der Waals surface area contributed by atoms with Crippen LogP contribution < -0.4 is 5.32 Å². The Morgan fingerprint density at radius 3 is 2.44 bits per heavy atom. The first-order chi connectivity index (χ1) is 15.0. The molecule has 5 nitrogen and oxygen atoms in total. The van der Waals surface area contributed by atoms with Crippen molar-refractivity contribution in [1.29, 1.82) is 0 Å². The van der Waals surface area contributed by atoms with E-state index < -0.39 is 27.4 Å². The number of hydrogen-bond acceptors (Lipinski definition) is 4. The highest BCUT2D eigenvalue weighted by molar-refractivity contribution is 7.91. The van der Waals surface area contributed by atoms with E-state index in [1.807, 2.05) is 0 Å². The number of hydrogen-bond donors (Lipinski definition) is 2. The lowest BCUT2D eigenvalue weighted by molar-refractivity contribution is 0.0683. The molecule has 4 rings (SSSR count). The van der Waals surface area contributed by atoms with E-state index in [0.29, 0.717) is 12.8 Å². The van der Waals surface area contributed by atoms with Crippen LogP contribution in [0.3, 0.4) is 0 Å². The molecule has 2 fully saturated rings. The molecular weight excluding hydrogens is 460 g/mol. The van der Waals surface area contributed by atoms with Gasteiger partial charge in [0.1, 0.15) is 0 Å². The molecule has 0 saturated heterocycles. The van der Waals surface area contributed by atoms with E-state index in [2.05, 4.69) is 5.32 Å². The van der Waals surface area contributed by atoms with Crippen molar-refractivity contribution in [3.63, 3.8) is 0 Å². The van der Waals surface area contributed by atoms with Gasteiger partial charge in [0.05, 0.1) is 21.8 Å². The fourth-order valence-electron chi connectivity index (χ4n) is 5.12. The van der Waals surface area contributed by atoms with Crippen LogP contribution >= 0.6 is 11.6 Å². The topological polar surface area (TPSA) is 83.5 Å². The maximum absolute atomic E-state index is 13.6. The molecule has 2 aliphatic rings. The van der Waals surface area contributed by atoms with Gasteiger partial charge < -0.3 is 10.4 Å². The maximum Gasteiger partial charge on any atom is 0.255 e. The number of aliphatic hydroxyl groups excluding tert-OH is 1. The van der Waals surface area contributed by atoms with Crippen LogP contribution in [0.4, 0.5) is 14.5 Å². The number of carbonyl (C=O) groups excluding carboxylic acids is 1. The van der Waals surface area contributed by atoms with Gasteiger partial charge >= 0.3 is 0 Å². The molecule has 0 aliphatic heterocycles. The minimum atomic E-state index is -3.78. The van der Waals surface area contributed by atoms with E-state index in [-0.39, 0.29) is 56.3 Å². The molecule has 2 aromatic rings. The molecule has 4 atom stereocenters. The first-order valence-corrected chi connectivity index (χ1v) is 12.6. The summed E-state index contributed by atoms with van der Waals surface area (Å²) in [5.41, 5.74) is 0.132. The monoisotopic (exact) mass is 483 g/mol. The molecule has 32 heavy (non-hydrogen) atoms. The van der Waals surface area contributed by atoms with Crippen molar-refractivity contribution in [2.24, 2.45) is 17.8 Å². The predicted molar refractivity (Wildman–Crippen MR) is 117 cm³/mol. The van der Waals surface area contributed by atoms with E-state index in [4.69, 9.17) is 11.6 Å². The van der Waals surface area contributed by atoms with E-state index in [0.717, 1.165) is 18.9 Å². The maximum atomic E-state index is 13.6. The third kappa shape index (κ3) is 4.54. The van der Waals surface area contributed by atoms with Crippen LogP contribution in [-0.4, -0.2) is 31.3 Å². The molecule has 2 aromatic carbocycles. The minimum absolute atomic E-state index is 0.0217. The van der Waals surface area contributed by atoms with Crippen LogP contribution in [0.1, 0.15) is 41.6 Å². The highest BCUT2D eigenvalue weighted by Crippen LogP contribution is 2.48. The third-order valence-corrected chi connectivity index (χ3v) is 8.95. The van der Waals surface area contributed by atoms with Crippen LogP contribution in [0.2, 0.25) is 5.02 Å². The first kappa shape index (κ1) is 23.1. The molecule has 3 unspecified atom stereocenters. The van der Waals surface area contributed by atoms with Crippen LogP contribution in [0.15, 0.2) is 35.2 Å². The second kappa shape index (κ2) is 8.72. The number of aliphatic hydroxyl groups is 1. The normalized spacial score (nSPS) is 25.0. The molecule has 0 spiro atoms. The Morgan fingerprint density at radius 1 is 1.16 bits per heavy atom. The summed E-state index contributed by atoms with van der Waals surface area (Å²) in [6, 6.07) is 6.10. The summed E-state index contributed by atoms with van der Waals surface area (Å²) in [5.74, 6) is -2.53. The second-order valence-corrected chi connectivity index (χ2v) is 11.3. The summed E-state index contributed by atoms with van der Waals surface area (Å²) in [6.45, 7) is 1.37. The molecule has 9 heteroatoms. The summed E-state index contributed by atoms with van der Waals surface area (Å²) in [6.07, 6.45) is 2.67. The number of sulfone groups is 1. The van der Waals surface area contributed by atoms with Gasteiger partial charge in [-0.1, -0.05) is 11.6 Å². The van der Waals surface area contributed by atoms with E-state index in [9.17, 15) is 27.1 Å². The average Bonchev–Trinajstić information content (AvgIpc) is 2.94.